The van der Waals surface area contributed by atoms with Crippen molar-refractivity contribution in [2.24, 2.45) is 0 Å². The molecule has 4 aromatic rings. The number of aromatic amines is 3. The average molecular weight is 600 g/mol. The summed E-state index contributed by atoms with van der Waals surface area (Å²) in [5.74, 6) is 0.257. The van der Waals surface area contributed by atoms with Crippen LogP contribution in [0.15, 0.2) is 58.1 Å². The van der Waals surface area contributed by atoms with E-state index in [1.54, 1.807) is 30.3 Å². The Labute approximate surface area is 254 Å². The summed E-state index contributed by atoms with van der Waals surface area (Å²) in [6.07, 6.45) is 4.09. The zero-order chi connectivity index (χ0) is 31.5. The lowest BCUT2D eigenvalue weighted by Crippen LogP contribution is -2.53. The molecule has 0 aliphatic carbocycles. The van der Waals surface area contributed by atoms with Gasteiger partial charge in [0.25, 0.3) is 11.1 Å². The van der Waals surface area contributed by atoms with Crippen LogP contribution in [0.4, 0.5) is 4.39 Å². The summed E-state index contributed by atoms with van der Waals surface area (Å²) in [4.78, 5) is 52.9. The van der Waals surface area contributed by atoms with Gasteiger partial charge in [-0.2, -0.15) is 0 Å². The van der Waals surface area contributed by atoms with Crippen molar-refractivity contribution in [3.63, 3.8) is 0 Å². The number of rotatable bonds is 8. The Kier molecular flexibility index (Phi) is 9.22. The van der Waals surface area contributed by atoms with Gasteiger partial charge in [0.15, 0.2) is 5.78 Å². The Morgan fingerprint density at radius 1 is 1.00 bits per heavy atom. The Bertz CT molecular complexity index is 1890. The molecule has 9 nitrogen and oxygen atoms in total. The van der Waals surface area contributed by atoms with Gasteiger partial charge in [0.05, 0.1) is 17.9 Å². The number of nitrogens with zero attached hydrogens (tertiary/aromatic N) is 1. The van der Waals surface area contributed by atoms with E-state index in [1.165, 1.54) is 30.3 Å². The van der Waals surface area contributed by atoms with E-state index in [9.17, 15) is 18.8 Å². The zero-order valence-electron chi connectivity index (χ0n) is 25.5. The quantitative estimate of drug-likeness (QED) is 0.230. The smallest absolute Gasteiger partial charge is 0.272 e. The van der Waals surface area contributed by atoms with Crippen LogP contribution in [0.1, 0.15) is 91.6 Å². The van der Waals surface area contributed by atoms with E-state index < -0.39 is 16.9 Å². The first-order valence-corrected chi connectivity index (χ1v) is 15.0. The number of hydrogen-bond acceptors (Lipinski definition) is 6. The van der Waals surface area contributed by atoms with Gasteiger partial charge in [-0.05, 0) is 74.2 Å². The van der Waals surface area contributed by atoms with E-state index in [2.05, 4.69) is 34.1 Å². The lowest BCUT2D eigenvalue weighted by Gasteiger charge is -2.38. The molecule has 0 amide bonds. The van der Waals surface area contributed by atoms with Crippen LogP contribution in [-0.2, 0) is 4.74 Å². The van der Waals surface area contributed by atoms with Gasteiger partial charge < -0.3 is 25.0 Å². The molecule has 5 rings (SSSR count). The molecule has 0 saturated carbocycles. The van der Waals surface area contributed by atoms with Crippen molar-refractivity contribution in [1.29, 1.82) is 0 Å². The third kappa shape index (κ3) is 6.71. The monoisotopic (exact) mass is 599 g/mol. The molecule has 0 bridgehead atoms. The number of hydrogen-bond donors (Lipinski definition) is 4. The summed E-state index contributed by atoms with van der Waals surface area (Å²) in [5, 5.41) is 3.73. The van der Waals surface area contributed by atoms with Crippen LogP contribution in [0.2, 0.25) is 0 Å². The summed E-state index contributed by atoms with van der Waals surface area (Å²) in [6.45, 7) is 11.1. The Morgan fingerprint density at radius 2 is 1.68 bits per heavy atom. The Morgan fingerprint density at radius 3 is 2.32 bits per heavy atom. The molecular weight excluding hydrogens is 561 g/mol. The minimum absolute atomic E-state index is 0.00782. The molecular formula is C34H38FN5O4. The maximum absolute atomic E-state index is 13.3. The van der Waals surface area contributed by atoms with Crippen LogP contribution >= 0.6 is 0 Å². The number of carbonyl (C=O) groups is 1. The van der Waals surface area contributed by atoms with Gasteiger partial charge in [0.1, 0.15) is 22.3 Å². The van der Waals surface area contributed by atoms with E-state index in [0.717, 1.165) is 24.5 Å². The second kappa shape index (κ2) is 13.1. The first-order chi connectivity index (χ1) is 21.0. The van der Waals surface area contributed by atoms with Crippen molar-refractivity contribution in [2.75, 3.05) is 6.54 Å². The number of H-pyrrole nitrogens is 3. The number of nitrogens with one attached hydrogen (secondary N) is 4. The number of aromatic nitrogens is 4. The molecule has 0 radical (unpaired) electrons. The SMILES string of the molecule is CCC(c1nc(/C=c2\[nH]c(=O)/c(=C/c3cccc(C(=O)c4ccc(F)cc4)c3)[nH]c2=O)c(C(C)C)[nH]1)C1NCC(C)OC1C. The van der Waals surface area contributed by atoms with Gasteiger partial charge in [-0.15, -0.1) is 0 Å². The number of morpholine rings is 1. The molecule has 1 fully saturated rings. The highest BCUT2D eigenvalue weighted by Crippen LogP contribution is 2.29. The predicted molar refractivity (Wildman–Crippen MR) is 168 cm³/mol. The number of carbonyl (C=O) groups excluding carboxylic acids is 1. The van der Waals surface area contributed by atoms with Crippen LogP contribution in [0.3, 0.4) is 0 Å². The molecule has 4 N–H and O–H groups in total. The van der Waals surface area contributed by atoms with E-state index >= 15 is 0 Å². The fourth-order valence-corrected chi connectivity index (χ4v) is 5.74. The van der Waals surface area contributed by atoms with Gasteiger partial charge >= 0.3 is 0 Å². The molecule has 1 aliphatic heterocycles. The summed E-state index contributed by atoms with van der Waals surface area (Å²) in [5.41, 5.74) is 1.75. The molecule has 3 heterocycles. The average Bonchev–Trinajstić information content (AvgIpc) is 3.41. The highest BCUT2D eigenvalue weighted by Gasteiger charge is 2.34. The fraction of sp³-hybridized carbons (Fsp3) is 0.353. The first-order valence-electron chi connectivity index (χ1n) is 15.0. The summed E-state index contributed by atoms with van der Waals surface area (Å²) < 4.78 is 19.4. The van der Waals surface area contributed by atoms with Crippen LogP contribution in [0, 0.1) is 5.82 Å². The highest BCUT2D eigenvalue weighted by atomic mass is 19.1. The van der Waals surface area contributed by atoms with Crippen molar-refractivity contribution in [2.45, 2.75) is 71.1 Å². The van der Waals surface area contributed by atoms with Crippen LogP contribution in [0.25, 0.3) is 12.2 Å². The molecule has 10 heteroatoms. The van der Waals surface area contributed by atoms with Gasteiger partial charge in [0, 0.05) is 35.3 Å². The molecule has 1 saturated heterocycles. The predicted octanol–water partition coefficient (Wildman–Crippen LogP) is 3.20. The largest absolute Gasteiger partial charge is 0.373 e. The van der Waals surface area contributed by atoms with Crippen LogP contribution in [0.5, 0.6) is 0 Å². The van der Waals surface area contributed by atoms with Gasteiger partial charge in [-0.3, -0.25) is 14.4 Å². The number of ether oxygens (including phenoxy) is 1. The molecule has 44 heavy (non-hydrogen) atoms. The lowest BCUT2D eigenvalue weighted by atomic mass is 9.91. The zero-order valence-corrected chi connectivity index (χ0v) is 25.5. The topological polar surface area (TPSA) is 133 Å². The number of halogens is 1. The second-order valence-corrected chi connectivity index (χ2v) is 11.7. The van der Waals surface area contributed by atoms with Gasteiger partial charge in [-0.1, -0.05) is 39.0 Å². The lowest BCUT2D eigenvalue weighted by molar-refractivity contribution is -0.0506. The van der Waals surface area contributed by atoms with Crippen molar-refractivity contribution in [3.05, 3.63) is 120 Å². The molecule has 230 valence electrons. The van der Waals surface area contributed by atoms with Crippen LogP contribution < -0.4 is 27.1 Å². The van der Waals surface area contributed by atoms with Crippen molar-refractivity contribution in [1.82, 2.24) is 25.3 Å². The summed E-state index contributed by atoms with van der Waals surface area (Å²) >= 11 is 0. The minimum atomic E-state index is -0.495. The minimum Gasteiger partial charge on any atom is -0.373 e. The third-order valence-electron chi connectivity index (χ3n) is 8.01. The summed E-state index contributed by atoms with van der Waals surface area (Å²) in [7, 11) is 0. The molecule has 4 atom stereocenters. The maximum Gasteiger partial charge on any atom is 0.272 e. The van der Waals surface area contributed by atoms with Crippen molar-refractivity contribution < 1.29 is 13.9 Å². The number of imidazole rings is 1. The van der Waals surface area contributed by atoms with Crippen LogP contribution in [-0.4, -0.2) is 50.5 Å². The number of ketones is 1. The van der Waals surface area contributed by atoms with E-state index in [0.29, 0.717) is 22.4 Å². The Balaban J connectivity index is 1.48. The van der Waals surface area contributed by atoms with E-state index in [-0.39, 0.29) is 46.6 Å². The molecule has 2 aromatic heterocycles. The van der Waals surface area contributed by atoms with E-state index in [1.807, 2.05) is 20.8 Å². The maximum atomic E-state index is 13.3. The standard InChI is InChI=1S/C34H38FN5O4/c1-6-25(30-20(5)44-19(4)17-36-30)32-37-26(29(40-32)18(2)3)16-28-34(43)38-27(33(42)39-28)15-21-8-7-9-23(14-21)31(41)22-10-12-24(35)13-11-22/h7-16,18-20,25,30,36H,6,17H2,1-5H3,(H,37,40)(H,38,43)(H,39,42)/b27-15-,28-16-. The molecule has 4 unspecified atom stereocenters. The fourth-order valence-electron chi connectivity index (χ4n) is 5.74. The first kappa shape index (κ1) is 31.0. The Hall–Kier alpha value is -4.41. The normalized spacial score (nSPS) is 20.3. The highest BCUT2D eigenvalue weighted by molar-refractivity contribution is 6.09. The third-order valence-corrected chi connectivity index (χ3v) is 8.01. The van der Waals surface area contributed by atoms with Gasteiger partial charge in [0.2, 0.25) is 0 Å². The number of benzene rings is 2. The van der Waals surface area contributed by atoms with Gasteiger partial charge in [-0.25, -0.2) is 9.37 Å². The molecule has 0 spiro atoms. The molecule has 1 aliphatic rings. The van der Waals surface area contributed by atoms with Crippen molar-refractivity contribution >= 4 is 17.9 Å². The van der Waals surface area contributed by atoms with Crippen molar-refractivity contribution in [3.8, 4) is 0 Å². The van der Waals surface area contributed by atoms with E-state index in [4.69, 9.17) is 9.72 Å². The summed E-state index contributed by atoms with van der Waals surface area (Å²) in [6, 6.07) is 12.0. The molecule has 2 aromatic carbocycles. The second-order valence-electron chi connectivity index (χ2n) is 11.7.